The van der Waals surface area contributed by atoms with E-state index in [1.165, 1.54) is 0 Å². The van der Waals surface area contributed by atoms with Gasteiger partial charge < -0.3 is 5.32 Å². The number of aryl methyl sites for hydroxylation is 1. The molecule has 118 valence electrons. The minimum atomic E-state index is -0.0458. The van der Waals surface area contributed by atoms with Crippen LogP contribution in [0.25, 0.3) is 0 Å². The summed E-state index contributed by atoms with van der Waals surface area (Å²) in [6, 6.07) is 3.86. The first-order valence-electron chi connectivity index (χ1n) is 7.32. The third-order valence-electron chi connectivity index (χ3n) is 3.73. The van der Waals surface area contributed by atoms with Crippen LogP contribution in [0, 0.1) is 6.92 Å². The van der Waals surface area contributed by atoms with Crippen LogP contribution in [0.2, 0.25) is 0 Å². The SMILES string of the molecule is Cc1c([C@@H](C)NC(=O)CN(C)Cc2ccncc2)cnn1C. The van der Waals surface area contributed by atoms with Crippen molar-refractivity contribution >= 4 is 5.91 Å². The maximum Gasteiger partial charge on any atom is 0.234 e. The molecule has 1 amide bonds. The Balaban J connectivity index is 1.86. The van der Waals surface area contributed by atoms with Crippen molar-refractivity contribution in [2.75, 3.05) is 13.6 Å². The zero-order valence-corrected chi connectivity index (χ0v) is 13.6. The van der Waals surface area contributed by atoms with Crippen molar-refractivity contribution in [1.82, 2.24) is 25.0 Å². The molecule has 22 heavy (non-hydrogen) atoms. The van der Waals surface area contributed by atoms with Gasteiger partial charge in [0.05, 0.1) is 18.8 Å². The number of nitrogens with one attached hydrogen (secondary N) is 1. The number of carbonyl (C=O) groups is 1. The number of amides is 1. The average molecular weight is 301 g/mol. The van der Waals surface area contributed by atoms with E-state index in [1.807, 2.05) is 49.7 Å². The van der Waals surface area contributed by atoms with Crippen LogP contribution < -0.4 is 5.32 Å². The summed E-state index contributed by atoms with van der Waals surface area (Å²) >= 11 is 0. The van der Waals surface area contributed by atoms with Crippen molar-refractivity contribution in [3.8, 4) is 0 Å². The summed E-state index contributed by atoms with van der Waals surface area (Å²) in [5, 5.41) is 7.23. The Morgan fingerprint density at radius 1 is 1.41 bits per heavy atom. The minimum Gasteiger partial charge on any atom is -0.348 e. The number of carbonyl (C=O) groups excluding carboxylic acids is 1. The van der Waals surface area contributed by atoms with Gasteiger partial charge in [0.1, 0.15) is 0 Å². The highest BCUT2D eigenvalue weighted by Crippen LogP contribution is 2.15. The predicted molar refractivity (Wildman–Crippen MR) is 85.1 cm³/mol. The van der Waals surface area contributed by atoms with Crippen LogP contribution in [0.15, 0.2) is 30.7 Å². The van der Waals surface area contributed by atoms with E-state index in [0.717, 1.165) is 23.4 Å². The molecule has 0 fully saturated rings. The molecule has 0 aromatic carbocycles. The number of aromatic nitrogens is 3. The van der Waals surface area contributed by atoms with Gasteiger partial charge in [0.25, 0.3) is 0 Å². The molecular formula is C16H23N5O. The summed E-state index contributed by atoms with van der Waals surface area (Å²) in [4.78, 5) is 18.1. The molecule has 0 aliphatic rings. The predicted octanol–water partition coefficient (Wildman–Crippen LogP) is 1.43. The second kappa shape index (κ2) is 7.17. The Kier molecular flexibility index (Phi) is 5.27. The summed E-state index contributed by atoms with van der Waals surface area (Å²) in [6.07, 6.45) is 5.33. The van der Waals surface area contributed by atoms with E-state index in [2.05, 4.69) is 15.4 Å². The lowest BCUT2D eigenvalue weighted by Gasteiger charge is -2.19. The number of hydrogen-bond donors (Lipinski definition) is 1. The van der Waals surface area contributed by atoms with Gasteiger partial charge in [-0.2, -0.15) is 5.10 Å². The average Bonchev–Trinajstić information content (AvgIpc) is 2.79. The fourth-order valence-electron chi connectivity index (χ4n) is 2.41. The van der Waals surface area contributed by atoms with Gasteiger partial charge in [-0.25, -0.2) is 0 Å². The van der Waals surface area contributed by atoms with Gasteiger partial charge in [-0.3, -0.25) is 19.4 Å². The zero-order chi connectivity index (χ0) is 16.1. The second-order valence-electron chi connectivity index (χ2n) is 5.63. The van der Waals surface area contributed by atoms with Crippen LogP contribution in [0.1, 0.15) is 29.8 Å². The summed E-state index contributed by atoms with van der Waals surface area (Å²) < 4.78 is 1.81. The molecule has 0 saturated carbocycles. The Morgan fingerprint density at radius 2 is 2.09 bits per heavy atom. The molecule has 1 N–H and O–H groups in total. The zero-order valence-electron chi connectivity index (χ0n) is 13.6. The van der Waals surface area contributed by atoms with E-state index in [1.54, 1.807) is 18.6 Å². The number of nitrogens with zero attached hydrogens (tertiary/aromatic N) is 4. The number of rotatable bonds is 6. The lowest BCUT2D eigenvalue weighted by atomic mass is 10.1. The maximum atomic E-state index is 12.2. The van der Waals surface area contributed by atoms with Gasteiger partial charge in [0.2, 0.25) is 5.91 Å². The highest BCUT2D eigenvalue weighted by molar-refractivity contribution is 5.78. The Bertz CT molecular complexity index is 623. The van der Waals surface area contributed by atoms with E-state index in [4.69, 9.17) is 0 Å². The van der Waals surface area contributed by atoms with Crippen molar-refractivity contribution < 1.29 is 4.79 Å². The summed E-state index contributed by atoms with van der Waals surface area (Å²) in [7, 11) is 3.83. The topological polar surface area (TPSA) is 63.1 Å². The normalized spacial score (nSPS) is 12.4. The van der Waals surface area contributed by atoms with Crippen molar-refractivity contribution in [3.05, 3.63) is 47.5 Å². The fourth-order valence-corrected chi connectivity index (χ4v) is 2.41. The molecule has 6 nitrogen and oxygen atoms in total. The molecule has 6 heteroatoms. The third kappa shape index (κ3) is 4.14. The molecule has 2 aromatic heterocycles. The second-order valence-corrected chi connectivity index (χ2v) is 5.63. The number of likely N-dealkylation sites (N-methyl/N-ethyl adjacent to an activating group) is 1. The van der Waals surface area contributed by atoms with Crippen molar-refractivity contribution in [2.45, 2.75) is 26.4 Å². The molecule has 2 heterocycles. The van der Waals surface area contributed by atoms with Crippen LogP contribution in [-0.2, 0) is 18.4 Å². The standard InChI is InChI=1S/C16H23N5O/c1-12(15-9-18-21(4)13(15)2)19-16(22)11-20(3)10-14-5-7-17-8-6-14/h5-9,12H,10-11H2,1-4H3,(H,19,22)/t12-/m1/s1. The summed E-state index contributed by atoms with van der Waals surface area (Å²) in [5.41, 5.74) is 3.26. The first-order chi connectivity index (χ1) is 10.5. The number of pyridine rings is 1. The summed E-state index contributed by atoms with van der Waals surface area (Å²) in [5.74, 6) is 0.00677. The molecular weight excluding hydrogens is 278 g/mol. The highest BCUT2D eigenvalue weighted by Gasteiger charge is 2.15. The molecule has 0 unspecified atom stereocenters. The lowest BCUT2D eigenvalue weighted by Crippen LogP contribution is -2.36. The van der Waals surface area contributed by atoms with Gasteiger partial charge in [0, 0.05) is 37.2 Å². The molecule has 0 aliphatic carbocycles. The molecule has 0 spiro atoms. The van der Waals surface area contributed by atoms with Crippen LogP contribution in [0.5, 0.6) is 0 Å². The van der Waals surface area contributed by atoms with Crippen LogP contribution in [0.3, 0.4) is 0 Å². The maximum absolute atomic E-state index is 12.2. The molecule has 1 atom stereocenters. The van der Waals surface area contributed by atoms with E-state index >= 15 is 0 Å². The molecule has 2 aromatic rings. The Labute approximate surface area is 131 Å². The van der Waals surface area contributed by atoms with Crippen molar-refractivity contribution in [2.24, 2.45) is 7.05 Å². The molecule has 0 saturated heterocycles. The van der Waals surface area contributed by atoms with Crippen molar-refractivity contribution in [3.63, 3.8) is 0 Å². The van der Waals surface area contributed by atoms with Gasteiger partial charge in [-0.15, -0.1) is 0 Å². The molecule has 0 aliphatic heterocycles. The van der Waals surface area contributed by atoms with Gasteiger partial charge in [-0.1, -0.05) is 0 Å². The Morgan fingerprint density at radius 3 is 2.68 bits per heavy atom. The Hall–Kier alpha value is -2.21. The smallest absolute Gasteiger partial charge is 0.234 e. The van der Waals surface area contributed by atoms with E-state index in [9.17, 15) is 4.79 Å². The van der Waals surface area contributed by atoms with Gasteiger partial charge >= 0.3 is 0 Å². The van der Waals surface area contributed by atoms with Crippen LogP contribution >= 0.6 is 0 Å². The monoisotopic (exact) mass is 301 g/mol. The van der Waals surface area contributed by atoms with Crippen molar-refractivity contribution in [1.29, 1.82) is 0 Å². The summed E-state index contributed by atoms with van der Waals surface area (Å²) in [6.45, 7) is 5.05. The third-order valence-corrected chi connectivity index (χ3v) is 3.73. The molecule has 2 rings (SSSR count). The quantitative estimate of drug-likeness (QED) is 0.877. The van der Waals surface area contributed by atoms with E-state index in [0.29, 0.717) is 6.54 Å². The first kappa shape index (κ1) is 16.2. The van der Waals surface area contributed by atoms with Crippen LogP contribution in [-0.4, -0.2) is 39.2 Å². The van der Waals surface area contributed by atoms with Gasteiger partial charge in [0.15, 0.2) is 0 Å². The molecule has 0 radical (unpaired) electrons. The lowest BCUT2D eigenvalue weighted by molar-refractivity contribution is -0.122. The van der Waals surface area contributed by atoms with Crippen LogP contribution in [0.4, 0.5) is 0 Å². The fraction of sp³-hybridized carbons (Fsp3) is 0.438. The largest absolute Gasteiger partial charge is 0.348 e. The van der Waals surface area contributed by atoms with Gasteiger partial charge in [-0.05, 0) is 38.6 Å². The highest BCUT2D eigenvalue weighted by atomic mass is 16.2. The molecule has 0 bridgehead atoms. The first-order valence-corrected chi connectivity index (χ1v) is 7.32. The minimum absolute atomic E-state index is 0.00677. The number of hydrogen-bond acceptors (Lipinski definition) is 4. The van der Waals surface area contributed by atoms with E-state index < -0.39 is 0 Å². The van der Waals surface area contributed by atoms with E-state index in [-0.39, 0.29) is 11.9 Å².